The van der Waals surface area contributed by atoms with E-state index in [0.717, 1.165) is 9.35 Å². The van der Waals surface area contributed by atoms with Crippen molar-refractivity contribution < 1.29 is 5.11 Å². The van der Waals surface area contributed by atoms with E-state index in [1.807, 2.05) is 11.4 Å². The van der Waals surface area contributed by atoms with E-state index in [1.165, 1.54) is 16.7 Å². The van der Waals surface area contributed by atoms with Crippen molar-refractivity contribution in [3.8, 4) is 0 Å². The van der Waals surface area contributed by atoms with Gasteiger partial charge in [0.2, 0.25) is 0 Å². The van der Waals surface area contributed by atoms with Gasteiger partial charge in [-0.1, -0.05) is 18.2 Å². The van der Waals surface area contributed by atoms with Gasteiger partial charge in [-0.2, -0.15) is 0 Å². The van der Waals surface area contributed by atoms with E-state index in [2.05, 4.69) is 48.0 Å². The van der Waals surface area contributed by atoms with Crippen LogP contribution in [-0.2, 0) is 6.42 Å². The Bertz CT molecular complexity index is 519. The SMILES string of the molecule is Cc1ccc(CC(O)c2csc(Br)c2)cc1C. The number of aliphatic hydroxyl groups excluding tert-OH is 1. The van der Waals surface area contributed by atoms with E-state index in [4.69, 9.17) is 0 Å². The zero-order valence-corrected chi connectivity index (χ0v) is 12.3. The summed E-state index contributed by atoms with van der Waals surface area (Å²) in [5.74, 6) is 0. The van der Waals surface area contributed by atoms with Gasteiger partial charge in [-0.05, 0) is 63.5 Å². The quantitative estimate of drug-likeness (QED) is 0.890. The standard InChI is InChI=1S/C14H15BrOS/c1-9-3-4-11(5-10(9)2)6-13(16)12-7-14(15)17-8-12/h3-5,7-8,13,16H,6H2,1-2H3. The third-order valence-electron chi connectivity index (χ3n) is 2.97. The Kier molecular flexibility index (Phi) is 4.02. The van der Waals surface area contributed by atoms with Gasteiger partial charge in [0.05, 0.1) is 9.89 Å². The fraction of sp³-hybridized carbons (Fsp3) is 0.286. The Morgan fingerprint density at radius 1 is 1.24 bits per heavy atom. The Labute approximate surface area is 114 Å². The largest absolute Gasteiger partial charge is 0.388 e. The van der Waals surface area contributed by atoms with Gasteiger partial charge in [0.15, 0.2) is 0 Å². The van der Waals surface area contributed by atoms with Crippen LogP contribution in [0.4, 0.5) is 0 Å². The molecule has 17 heavy (non-hydrogen) atoms. The summed E-state index contributed by atoms with van der Waals surface area (Å²) >= 11 is 5.02. The zero-order valence-electron chi connectivity index (χ0n) is 9.90. The molecule has 1 heterocycles. The van der Waals surface area contributed by atoms with Gasteiger partial charge >= 0.3 is 0 Å². The zero-order chi connectivity index (χ0) is 12.4. The molecular formula is C14H15BrOS. The maximum atomic E-state index is 10.1. The number of aliphatic hydroxyl groups is 1. The summed E-state index contributed by atoms with van der Waals surface area (Å²) in [5, 5.41) is 12.1. The van der Waals surface area contributed by atoms with Crippen LogP contribution in [0.5, 0.6) is 0 Å². The summed E-state index contributed by atoms with van der Waals surface area (Å²) in [7, 11) is 0. The van der Waals surface area contributed by atoms with E-state index >= 15 is 0 Å². The molecule has 0 aliphatic rings. The number of halogens is 1. The Morgan fingerprint density at radius 3 is 2.59 bits per heavy atom. The number of benzene rings is 1. The molecule has 0 bridgehead atoms. The molecule has 0 saturated heterocycles. The molecule has 2 rings (SSSR count). The minimum atomic E-state index is -0.417. The molecule has 0 saturated carbocycles. The number of hydrogen-bond acceptors (Lipinski definition) is 2. The molecule has 1 atom stereocenters. The molecule has 1 aromatic heterocycles. The summed E-state index contributed by atoms with van der Waals surface area (Å²) in [6, 6.07) is 8.34. The van der Waals surface area contributed by atoms with Crippen LogP contribution >= 0.6 is 27.3 Å². The average molecular weight is 311 g/mol. The average Bonchev–Trinajstić information content (AvgIpc) is 2.70. The van der Waals surface area contributed by atoms with E-state index in [-0.39, 0.29) is 0 Å². The van der Waals surface area contributed by atoms with Crippen molar-refractivity contribution >= 4 is 27.3 Å². The Morgan fingerprint density at radius 2 is 2.00 bits per heavy atom. The molecular weight excluding hydrogens is 296 g/mol. The second-order valence-corrected chi connectivity index (χ2v) is 6.61. The highest BCUT2D eigenvalue weighted by atomic mass is 79.9. The van der Waals surface area contributed by atoms with Crippen LogP contribution in [0.25, 0.3) is 0 Å². The van der Waals surface area contributed by atoms with E-state index < -0.39 is 6.10 Å². The molecule has 0 spiro atoms. The topological polar surface area (TPSA) is 20.2 Å². The summed E-state index contributed by atoms with van der Waals surface area (Å²) in [6.07, 6.45) is 0.254. The highest BCUT2D eigenvalue weighted by Gasteiger charge is 2.10. The lowest BCUT2D eigenvalue weighted by atomic mass is 10.00. The van der Waals surface area contributed by atoms with Crippen molar-refractivity contribution in [1.82, 2.24) is 0 Å². The molecule has 3 heteroatoms. The smallest absolute Gasteiger partial charge is 0.0838 e. The Balaban J connectivity index is 2.12. The summed E-state index contributed by atoms with van der Waals surface area (Å²) < 4.78 is 1.06. The minimum Gasteiger partial charge on any atom is -0.388 e. The van der Waals surface area contributed by atoms with Crippen LogP contribution in [0.15, 0.2) is 33.4 Å². The van der Waals surface area contributed by atoms with Gasteiger partial charge in [0.1, 0.15) is 0 Å². The minimum absolute atomic E-state index is 0.417. The maximum absolute atomic E-state index is 10.1. The monoisotopic (exact) mass is 310 g/mol. The van der Waals surface area contributed by atoms with Crippen molar-refractivity contribution in [2.75, 3.05) is 0 Å². The van der Waals surface area contributed by atoms with Crippen LogP contribution in [0, 0.1) is 13.8 Å². The first kappa shape index (κ1) is 12.8. The van der Waals surface area contributed by atoms with Crippen LogP contribution < -0.4 is 0 Å². The third-order valence-corrected chi connectivity index (χ3v) is 4.50. The first-order valence-corrected chi connectivity index (χ1v) is 7.21. The van der Waals surface area contributed by atoms with E-state index in [0.29, 0.717) is 6.42 Å². The molecule has 0 aliphatic heterocycles. The fourth-order valence-corrected chi connectivity index (χ4v) is 2.99. The third kappa shape index (κ3) is 3.18. The lowest BCUT2D eigenvalue weighted by Gasteiger charge is -2.10. The first-order valence-electron chi connectivity index (χ1n) is 5.54. The summed E-state index contributed by atoms with van der Waals surface area (Å²) in [5.41, 5.74) is 4.74. The first-order chi connectivity index (χ1) is 8.06. The summed E-state index contributed by atoms with van der Waals surface area (Å²) in [4.78, 5) is 0. The van der Waals surface area contributed by atoms with Crippen molar-refractivity contribution in [2.45, 2.75) is 26.4 Å². The molecule has 2 aromatic rings. The van der Waals surface area contributed by atoms with E-state index in [1.54, 1.807) is 11.3 Å². The van der Waals surface area contributed by atoms with Gasteiger partial charge in [-0.25, -0.2) is 0 Å². The predicted molar refractivity (Wildman–Crippen MR) is 76.6 cm³/mol. The lowest BCUT2D eigenvalue weighted by Crippen LogP contribution is -2.00. The van der Waals surface area contributed by atoms with Gasteiger partial charge in [-0.15, -0.1) is 11.3 Å². The second-order valence-electron chi connectivity index (χ2n) is 4.32. The molecule has 0 amide bonds. The number of aryl methyl sites for hydroxylation is 2. The highest BCUT2D eigenvalue weighted by Crippen LogP contribution is 2.27. The molecule has 1 unspecified atom stereocenters. The molecule has 0 aliphatic carbocycles. The summed E-state index contributed by atoms with van der Waals surface area (Å²) in [6.45, 7) is 4.21. The lowest BCUT2D eigenvalue weighted by molar-refractivity contribution is 0.179. The van der Waals surface area contributed by atoms with Crippen molar-refractivity contribution in [1.29, 1.82) is 0 Å². The van der Waals surface area contributed by atoms with Crippen molar-refractivity contribution in [2.24, 2.45) is 0 Å². The van der Waals surface area contributed by atoms with Crippen molar-refractivity contribution in [3.63, 3.8) is 0 Å². The Hall–Kier alpha value is -0.640. The molecule has 1 nitrogen and oxygen atoms in total. The van der Waals surface area contributed by atoms with Gasteiger partial charge < -0.3 is 5.11 Å². The van der Waals surface area contributed by atoms with E-state index in [9.17, 15) is 5.11 Å². The molecule has 1 aromatic carbocycles. The normalized spacial score (nSPS) is 12.7. The van der Waals surface area contributed by atoms with Gasteiger partial charge in [0.25, 0.3) is 0 Å². The van der Waals surface area contributed by atoms with Crippen LogP contribution in [0.3, 0.4) is 0 Å². The highest BCUT2D eigenvalue weighted by molar-refractivity contribution is 9.11. The number of rotatable bonds is 3. The number of hydrogen-bond donors (Lipinski definition) is 1. The second kappa shape index (κ2) is 5.34. The number of thiophene rings is 1. The molecule has 90 valence electrons. The van der Waals surface area contributed by atoms with Crippen molar-refractivity contribution in [3.05, 3.63) is 55.7 Å². The van der Waals surface area contributed by atoms with Crippen LogP contribution in [-0.4, -0.2) is 5.11 Å². The van der Waals surface area contributed by atoms with Crippen LogP contribution in [0.2, 0.25) is 0 Å². The molecule has 1 N–H and O–H groups in total. The fourth-order valence-electron chi connectivity index (χ4n) is 1.77. The maximum Gasteiger partial charge on any atom is 0.0838 e. The predicted octanol–water partition coefficient (Wildman–Crippen LogP) is 4.40. The molecule has 0 fully saturated rings. The van der Waals surface area contributed by atoms with Crippen LogP contribution in [0.1, 0.15) is 28.4 Å². The van der Waals surface area contributed by atoms with Gasteiger partial charge in [-0.3, -0.25) is 0 Å². The van der Waals surface area contributed by atoms with Gasteiger partial charge in [0, 0.05) is 6.42 Å². The molecule has 0 radical (unpaired) electrons.